The van der Waals surface area contributed by atoms with Crippen LogP contribution in [-0.2, 0) is 14.4 Å². The summed E-state index contributed by atoms with van der Waals surface area (Å²) < 4.78 is 5.44. The Morgan fingerprint density at radius 2 is 1.50 bits per heavy atom. The summed E-state index contributed by atoms with van der Waals surface area (Å²) in [5.74, 6) is -6.86. The molecule has 1 atom stereocenters. The van der Waals surface area contributed by atoms with Crippen LogP contribution in [0.2, 0.25) is 0 Å². The second-order valence-electron chi connectivity index (χ2n) is 5.09. The molecule has 0 aliphatic heterocycles. The zero-order valence-corrected chi connectivity index (χ0v) is 12.2. The number of hydrogen-bond acceptors (Lipinski definition) is 4. The first-order chi connectivity index (χ1) is 10.2. The monoisotopic (exact) mass is 310 g/mol. The second kappa shape index (κ2) is 7.44. The van der Waals surface area contributed by atoms with E-state index in [1.54, 1.807) is 12.1 Å². The number of rotatable bonds is 8. The smallest absolute Gasteiger partial charge is 0.318 e. The fraction of sp³-hybridized carbons (Fsp3) is 0.400. The number of hydrogen-bond donors (Lipinski definition) is 3. The normalized spacial score (nSPS) is 12.2. The molecular weight excluding hydrogens is 292 g/mol. The molecule has 0 heterocycles. The molecular formula is C15H18O7. The molecule has 0 aliphatic rings. The van der Waals surface area contributed by atoms with Crippen LogP contribution in [0.1, 0.15) is 31.7 Å². The van der Waals surface area contributed by atoms with E-state index in [1.165, 1.54) is 12.1 Å². The van der Waals surface area contributed by atoms with E-state index in [2.05, 4.69) is 0 Å². The molecule has 3 N–H and O–H groups in total. The molecule has 0 spiro atoms. The Balaban J connectivity index is 3.13. The first-order valence-electron chi connectivity index (χ1n) is 6.66. The van der Waals surface area contributed by atoms with Crippen LogP contribution in [0, 0.1) is 5.92 Å². The molecule has 0 fully saturated rings. The number of ether oxygens (including phenoxy) is 1. The summed E-state index contributed by atoms with van der Waals surface area (Å²) in [6.45, 7) is 3.68. The van der Waals surface area contributed by atoms with Gasteiger partial charge in [-0.3, -0.25) is 14.4 Å². The molecule has 0 radical (unpaired) electrons. The first-order valence-corrected chi connectivity index (χ1v) is 6.66. The summed E-state index contributed by atoms with van der Waals surface area (Å²) in [5.41, 5.74) is 0.327. The van der Waals surface area contributed by atoms with E-state index in [4.69, 9.17) is 20.1 Å². The fourth-order valence-electron chi connectivity index (χ4n) is 2.13. The van der Waals surface area contributed by atoms with Crippen molar-refractivity contribution in [2.75, 3.05) is 0 Å². The average Bonchev–Trinajstić information content (AvgIpc) is 2.36. The van der Waals surface area contributed by atoms with Crippen LogP contribution in [0.3, 0.4) is 0 Å². The Morgan fingerprint density at radius 3 is 1.86 bits per heavy atom. The maximum Gasteiger partial charge on any atom is 0.318 e. The quantitative estimate of drug-likeness (QED) is 0.626. The van der Waals surface area contributed by atoms with Gasteiger partial charge in [-0.05, 0) is 31.5 Å². The lowest BCUT2D eigenvalue weighted by atomic mass is 9.83. The van der Waals surface area contributed by atoms with Crippen molar-refractivity contribution in [3.05, 3.63) is 29.8 Å². The van der Waals surface area contributed by atoms with Gasteiger partial charge in [-0.15, -0.1) is 0 Å². The number of benzene rings is 1. The van der Waals surface area contributed by atoms with Gasteiger partial charge in [0.15, 0.2) is 5.92 Å². The van der Waals surface area contributed by atoms with Crippen molar-refractivity contribution in [3.63, 3.8) is 0 Å². The number of carbonyl (C=O) groups is 3. The molecule has 1 rings (SSSR count). The minimum Gasteiger partial charge on any atom is -0.491 e. The van der Waals surface area contributed by atoms with Crippen molar-refractivity contribution >= 4 is 17.9 Å². The molecule has 7 heteroatoms. The Hall–Kier alpha value is -2.57. The van der Waals surface area contributed by atoms with Crippen LogP contribution in [0.15, 0.2) is 24.3 Å². The molecule has 1 aromatic rings. The molecule has 1 unspecified atom stereocenters. The Kier molecular flexibility index (Phi) is 5.91. The fourth-order valence-corrected chi connectivity index (χ4v) is 2.13. The second-order valence-corrected chi connectivity index (χ2v) is 5.09. The van der Waals surface area contributed by atoms with Gasteiger partial charge in [-0.2, -0.15) is 0 Å². The maximum atomic E-state index is 11.2. The predicted octanol–water partition coefficient (Wildman–Crippen LogP) is 1.82. The Labute approximate surface area is 127 Å². The molecule has 0 aliphatic carbocycles. The zero-order chi connectivity index (χ0) is 16.9. The van der Waals surface area contributed by atoms with Gasteiger partial charge in [-0.25, -0.2) is 0 Å². The van der Waals surface area contributed by atoms with E-state index in [1.807, 2.05) is 13.8 Å². The van der Waals surface area contributed by atoms with Crippen LogP contribution in [0.5, 0.6) is 5.75 Å². The highest BCUT2D eigenvalue weighted by Crippen LogP contribution is 2.30. The summed E-state index contributed by atoms with van der Waals surface area (Å²) in [6, 6.07) is 6.10. The van der Waals surface area contributed by atoms with Gasteiger partial charge < -0.3 is 20.1 Å². The molecule has 120 valence electrons. The maximum absolute atomic E-state index is 11.2. The lowest BCUT2D eigenvalue weighted by Gasteiger charge is -2.20. The summed E-state index contributed by atoms with van der Waals surface area (Å²) in [5, 5.41) is 27.0. The third-order valence-electron chi connectivity index (χ3n) is 3.01. The number of carboxylic acids is 3. The molecule has 0 aromatic heterocycles. The molecule has 0 saturated heterocycles. The van der Waals surface area contributed by atoms with Gasteiger partial charge in [0.2, 0.25) is 0 Å². The van der Waals surface area contributed by atoms with Crippen molar-refractivity contribution in [1.29, 1.82) is 0 Å². The van der Waals surface area contributed by atoms with Crippen LogP contribution in [-0.4, -0.2) is 39.3 Å². The number of aliphatic carboxylic acids is 3. The van der Waals surface area contributed by atoms with E-state index >= 15 is 0 Å². The third kappa shape index (κ3) is 4.76. The van der Waals surface area contributed by atoms with Crippen molar-refractivity contribution in [2.24, 2.45) is 5.92 Å². The van der Waals surface area contributed by atoms with Gasteiger partial charge in [0.05, 0.1) is 12.5 Å². The minimum atomic E-state index is -1.83. The van der Waals surface area contributed by atoms with E-state index in [9.17, 15) is 14.4 Å². The van der Waals surface area contributed by atoms with Crippen molar-refractivity contribution in [1.82, 2.24) is 0 Å². The molecule has 1 aromatic carbocycles. The summed E-state index contributed by atoms with van der Waals surface area (Å²) in [7, 11) is 0. The van der Waals surface area contributed by atoms with Gasteiger partial charge in [-0.1, -0.05) is 12.1 Å². The summed E-state index contributed by atoms with van der Waals surface area (Å²) >= 11 is 0. The van der Waals surface area contributed by atoms with Crippen LogP contribution in [0.25, 0.3) is 0 Å². The standard InChI is InChI=1S/C15H18O7/c1-8(2)22-10-5-3-9(4-6-10)11(7-12(16)17)13(14(18)19)15(20)21/h3-6,8,11,13H,7H2,1-2H3,(H,16,17)(H,18,19)(H,20,21). The average molecular weight is 310 g/mol. The van der Waals surface area contributed by atoms with Crippen LogP contribution >= 0.6 is 0 Å². The number of carboxylic acid groups (broad SMARTS) is 3. The lowest BCUT2D eigenvalue weighted by molar-refractivity contribution is -0.156. The van der Waals surface area contributed by atoms with Gasteiger partial charge in [0.1, 0.15) is 5.75 Å². The SMILES string of the molecule is CC(C)Oc1ccc(C(CC(=O)O)C(C(=O)O)C(=O)O)cc1. The summed E-state index contributed by atoms with van der Waals surface area (Å²) in [6.07, 6.45) is -0.639. The minimum absolute atomic E-state index is 0.0496. The van der Waals surface area contributed by atoms with Crippen molar-refractivity contribution in [3.8, 4) is 5.75 Å². The van der Waals surface area contributed by atoms with E-state index < -0.39 is 36.2 Å². The Bertz CT molecular complexity index is 534. The summed E-state index contributed by atoms with van der Waals surface area (Å²) in [4.78, 5) is 33.2. The highest BCUT2D eigenvalue weighted by molar-refractivity contribution is 5.94. The van der Waals surface area contributed by atoms with Gasteiger partial charge in [0.25, 0.3) is 0 Å². The highest BCUT2D eigenvalue weighted by Gasteiger charge is 2.37. The van der Waals surface area contributed by atoms with Crippen molar-refractivity contribution < 1.29 is 34.4 Å². The molecule has 0 saturated carbocycles. The topological polar surface area (TPSA) is 121 Å². The highest BCUT2D eigenvalue weighted by atomic mass is 16.5. The first kappa shape index (κ1) is 17.5. The van der Waals surface area contributed by atoms with E-state index in [-0.39, 0.29) is 6.10 Å². The predicted molar refractivity (Wildman–Crippen MR) is 76.0 cm³/mol. The lowest BCUT2D eigenvalue weighted by Crippen LogP contribution is -2.31. The molecule has 0 amide bonds. The molecule has 22 heavy (non-hydrogen) atoms. The van der Waals surface area contributed by atoms with Crippen molar-refractivity contribution in [2.45, 2.75) is 32.3 Å². The zero-order valence-electron chi connectivity index (χ0n) is 12.2. The third-order valence-corrected chi connectivity index (χ3v) is 3.01. The van der Waals surface area contributed by atoms with Gasteiger partial charge in [0, 0.05) is 5.92 Å². The van der Waals surface area contributed by atoms with Gasteiger partial charge >= 0.3 is 17.9 Å². The largest absolute Gasteiger partial charge is 0.491 e. The molecule has 0 bridgehead atoms. The molecule has 7 nitrogen and oxygen atoms in total. The van der Waals surface area contributed by atoms with Crippen LogP contribution < -0.4 is 4.74 Å². The van der Waals surface area contributed by atoms with E-state index in [0.717, 1.165) is 0 Å². The van der Waals surface area contributed by atoms with E-state index in [0.29, 0.717) is 11.3 Å². The van der Waals surface area contributed by atoms with Crippen LogP contribution in [0.4, 0.5) is 0 Å². The Morgan fingerprint density at radius 1 is 1.00 bits per heavy atom.